The number of aromatic nitrogens is 2. The van der Waals surface area contributed by atoms with E-state index in [-0.39, 0.29) is 33.9 Å². The van der Waals surface area contributed by atoms with E-state index in [2.05, 4.69) is 15.3 Å². The Morgan fingerprint density at radius 2 is 1.97 bits per heavy atom. The van der Waals surface area contributed by atoms with Crippen LogP contribution in [0.4, 0.5) is 4.79 Å². The number of sulfonamides is 1. The zero-order chi connectivity index (χ0) is 25.7. The Bertz CT molecular complexity index is 1480. The molecule has 1 aliphatic carbocycles. The Morgan fingerprint density at radius 1 is 1.29 bits per heavy atom. The van der Waals surface area contributed by atoms with Gasteiger partial charge in [-0.1, -0.05) is 0 Å². The van der Waals surface area contributed by atoms with Crippen molar-refractivity contribution < 1.29 is 27.9 Å². The van der Waals surface area contributed by atoms with E-state index >= 15 is 0 Å². The number of alkyl carbamates (subject to hydrolysis) is 1. The van der Waals surface area contributed by atoms with Crippen molar-refractivity contribution in [2.75, 3.05) is 6.54 Å². The highest BCUT2D eigenvalue weighted by molar-refractivity contribution is 7.89. The van der Waals surface area contributed by atoms with Gasteiger partial charge in [-0.2, -0.15) is 4.31 Å². The number of aromatic amines is 2. The molecule has 188 valence electrons. The largest absolute Gasteiger partial charge is 0.478 e. The van der Waals surface area contributed by atoms with E-state index in [9.17, 15) is 27.9 Å². The van der Waals surface area contributed by atoms with Crippen LogP contribution in [0.3, 0.4) is 0 Å². The highest BCUT2D eigenvalue weighted by Gasteiger charge is 2.39. The molecule has 12 heteroatoms. The number of nitrogens with zero attached hydrogens (tertiary/aromatic N) is 1. The number of fused-ring (bicyclic) bond motifs is 3. The third-order valence-corrected chi connectivity index (χ3v) is 7.54. The van der Waals surface area contributed by atoms with Gasteiger partial charge in [0.15, 0.2) is 0 Å². The van der Waals surface area contributed by atoms with E-state index in [1.807, 2.05) is 0 Å². The van der Waals surface area contributed by atoms with Crippen molar-refractivity contribution in [1.82, 2.24) is 19.6 Å². The predicted octanol–water partition coefficient (Wildman–Crippen LogP) is 2.77. The molecule has 0 bridgehead atoms. The van der Waals surface area contributed by atoms with Gasteiger partial charge in [0.2, 0.25) is 10.0 Å². The molecule has 1 aliphatic rings. The molecule has 35 heavy (non-hydrogen) atoms. The number of aromatic carboxylic acids is 1. The molecule has 1 amide bonds. The maximum absolute atomic E-state index is 13.7. The van der Waals surface area contributed by atoms with Crippen molar-refractivity contribution in [2.45, 2.75) is 63.1 Å². The lowest BCUT2D eigenvalue weighted by Crippen LogP contribution is -2.46. The number of pyridine rings is 1. The van der Waals surface area contributed by atoms with Gasteiger partial charge in [-0.05, 0) is 58.7 Å². The summed E-state index contributed by atoms with van der Waals surface area (Å²) >= 11 is 0. The predicted molar refractivity (Wildman–Crippen MR) is 129 cm³/mol. The molecule has 0 radical (unpaired) electrons. The number of hydrogen-bond acceptors (Lipinski definition) is 6. The average Bonchev–Trinajstić information content (AvgIpc) is 3.46. The lowest BCUT2D eigenvalue weighted by Gasteiger charge is -2.27. The summed E-state index contributed by atoms with van der Waals surface area (Å²) in [7, 11) is -4.00. The van der Waals surface area contributed by atoms with Crippen LogP contribution in [0.5, 0.6) is 0 Å². The summed E-state index contributed by atoms with van der Waals surface area (Å²) in [5, 5.41) is 12.7. The fourth-order valence-electron chi connectivity index (χ4n) is 4.00. The van der Waals surface area contributed by atoms with Crippen LogP contribution in [0.15, 0.2) is 34.1 Å². The van der Waals surface area contributed by atoms with Crippen molar-refractivity contribution in [1.29, 1.82) is 0 Å². The van der Waals surface area contributed by atoms with E-state index in [4.69, 9.17) is 4.74 Å². The van der Waals surface area contributed by atoms with E-state index in [0.29, 0.717) is 23.7 Å². The minimum absolute atomic E-state index is 0.0349. The number of rotatable bonds is 7. The first kappa shape index (κ1) is 24.7. The standard InChI is InChI=1S/C23H28N4O7S/c1-12(25-22(31)34-23(2,3)4)11-27(13-5-6-13)35(32,33)14-7-8-17-15(9-14)18-16(21(29)30)10-24-19(18)20(28)26-17/h7-10,12-13,24H,5-6,11H2,1-4H3,(H,25,31)(H,26,28)(H,29,30). The molecule has 11 nitrogen and oxygen atoms in total. The number of carbonyl (C=O) groups is 2. The van der Waals surface area contributed by atoms with Crippen LogP contribution in [0.25, 0.3) is 21.8 Å². The Labute approximate surface area is 201 Å². The smallest absolute Gasteiger partial charge is 0.407 e. The third kappa shape index (κ3) is 5.03. The molecule has 0 aliphatic heterocycles. The zero-order valence-electron chi connectivity index (χ0n) is 19.8. The molecular weight excluding hydrogens is 476 g/mol. The van der Waals surface area contributed by atoms with Crippen LogP contribution >= 0.6 is 0 Å². The summed E-state index contributed by atoms with van der Waals surface area (Å²) in [6, 6.07) is 3.50. The summed E-state index contributed by atoms with van der Waals surface area (Å²) < 4.78 is 33.9. The molecule has 1 unspecified atom stereocenters. The molecular formula is C23H28N4O7S. The number of carboxylic acids is 1. The minimum Gasteiger partial charge on any atom is -0.478 e. The van der Waals surface area contributed by atoms with Gasteiger partial charge in [0.1, 0.15) is 11.1 Å². The van der Waals surface area contributed by atoms with Crippen LogP contribution in [0.1, 0.15) is 50.9 Å². The first-order valence-corrected chi connectivity index (χ1v) is 12.6. The van der Waals surface area contributed by atoms with Gasteiger partial charge in [0, 0.05) is 41.1 Å². The molecule has 1 fully saturated rings. The molecule has 4 N–H and O–H groups in total. The Kier molecular flexibility index (Phi) is 6.14. The summed E-state index contributed by atoms with van der Waals surface area (Å²) in [5.41, 5.74) is -0.937. The molecule has 2 aromatic heterocycles. The SMILES string of the molecule is CC(CN(C1CC1)S(=O)(=O)c1ccc2[nH]c(=O)c3[nH]cc(C(=O)O)c3c2c1)NC(=O)OC(C)(C)C. The van der Waals surface area contributed by atoms with Gasteiger partial charge in [0.05, 0.1) is 10.5 Å². The monoisotopic (exact) mass is 504 g/mol. The van der Waals surface area contributed by atoms with Crippen LogP contribution in [0, 0.1) is 0 Å². The summed E-state index contributed by atoms with van der Waals surface area (Å²) in [6.45, 7) is 6.95. The number of carbonyl (C=O) groups excluding carboxylic acids is 1. The summed E-state index contributed by atoms with van der Waals surface area (Å²) in [4.78, 5) is 41.5. The quantitative estimate of drug-likeness (QED) is 0.384. The summed E-state index contributed by atoms with van der Waals surface area (Å²) in [5.74, 6) is -1.24. The average molecular weight is 505 g/mol. The Hall–Kier alpha value is -3.38. The first-order chi connectivity index (χ1) is 16.3. The second kappa shape index (κ2) is 8.68. The van der Waals surface area contributed by atoms with Gasteiger partial charge in [0.25, 0.3) is 5.56 Å². The topological polar surface area (TPSA) is 162 Å². The highest BCUT2D eigenvalue weighted by atomic mass is 32.2. The van der Waals surface area contributed by atoms with Gasteiger partial charge in [-0.25, -0.2) is 18.0 Å². The second-order valence-electron chi connectivity index (χ2n) is 9.77. The molecule has 1 aromatic carbocycles. The molecule has 2 heterocycles. The van der Waals surface area contributed by atoms with Gasteiger partial charge in [-0.15, -0.1) is 0 Å². The molecule has 0 spiro atoms. The maximum Gasteiger partial charge on any atom is 0.407 e. The number of hydrogen-bond donors (Lipinski definition) is 4. The fourth-order valence-corrected chi connectivity index (χ4v) is 5.80. The normalized spacial score (nSPS) is 15.5. The van der Waals surface area contributed by atoms with E-state index in [1.165, 1.54) is 28.7 Å². The minimum atomic E-state index is -4.00. The van der Waals surface area contributed by atoms with Crippen LogP contribution in [0.2, 0.25) is 0 Å². The zero-order valence-corrected chi connectivity index (χ0v) is 20.7. The van der Waals surface area contributed by atoms with Crippen LogP contribution in [-0.4, -0.2) is 64.1 Å². The van der Waals surface area contributed by atoms with E-state index < -0.39 is 39.3 Å². The van der Waals surface area contributed by atoms with Gasteiger partial charge in [-0.3, -0.25) is 4.79 Å². The van der Waals surface area contributed by atoms with E-state index in [1.54, 1.807) is 27.7 Å². The van der Waals surface area contributed by atoms with Crippen molar-refractivity contribution in [2.24, 2.45) is 0 Å². The van der Waals surface area contributed by atoms with Crippen molar-refractivity contribution in [3.8, 4) is 0 Å². The van der Waals surface area contributed by atoms with Crippen molar-refractivity contribution in [3.05, 3.63) is 40.3 Å². The molecule has 1 saturated carbocycles. The number of amides is 1. The first-order valence-electron chi connectivity index (χ1n) is 11.2. The third-order valence-electron chi connectivity index (χ3n) is 5.62. The second-order valence-corrected chi connectivity index (χ2v) is 11.7. The van der Waals surface area contributed by atoms with E-state index in [0.717, 1.165) is 0 Å². The van der Waals surface area contributed by atoms with Crippen molar-refractivity contribution >= 4 is 43.9 Å². The molecule has 0 saturated heterocycles. The number of benzene rings is 1. The molecule has 4 rings (SSSR count). The van der Waals surface area contributed by atoms with Gasteiger partial charge < -0.3 is 25.1 Å². The Morgan fingerprint density at radius 3 is 2.57 bits per heavy atom. The fraction of sp³-hybridized carbons (Fsp3) is 0.435. The van der Waals surface area contributed by atoms with Gasteiger partial charge >= 0.3 is 12.1 Å². The maximum atomic E-state index is 13.7. The number of H-pyrrole nitrogens is 2. The van der Waals surface area contributed by atoms with Crippen LogP contribution in [-0.2, 0) is 14.8 Å². The molecule has 1 atom stereocenters. The number of ether oxygens (including phenoxy) is 1. The Balaban J connectivity index is 1.70. The van der Waals surface area contributed by atoms with Crippen molar-refractivity contribution in [3.63, 3.8) is 0 Å². The highest BCUT2D eigenvalue weighted by Crippen LogP contribution is 2.34. The lowest BCUT2D eigenvalue weighted by molar-refractivity contribution is 0.0502. The van der Waals surface area contributed by atoms with Crippen LogP contribution < -0.4 is 10.9 Å². The number of nitrogens with one attached hydrogen (secondary N) is 3. The number of carboxylic acid groups (broad SMARTS) is 1. The summed E-state index contributed by atoms with van der Waals surface area (Å²) in [6.07, 6.45) is 1.97. The molecule has 3 aromatic rings. The lowest BCUT2D eigenvalue weighted by atomic mass is 10.1.